The minimum absolute atomic E-state index is 0.189. The molecule has 0 spiro atoms. The quantitative estimate of drug-likeness (QED) is 0.418. The van der Waals surface area contributed by atoms with Crippen molar-refractivity contribution in [2.24, 2.45) is 11.8 Å². The van der Waals surface area contributed by atoms with E-state index in [1.807, 2.05) is 0 Å². The topological polar surface area (TPSA) is 52.6 Å². The van der Waals surface area contributed by atoms with Gasteiger partial charge in [-0.15, -0.1) is 0 Å². The molecule has 4 nitrogen and oxygen atoms in total. The van der Waals surface area contributed by atoms with Gasteiger partial charge in [0.2, 0.25) is 0 Å². The van der Waals surface area contributed by atoms with Crippen LogP contribution in [0.25, 0.3) is 0 Å². The van der Waals surface area contributed by atoms with Gasteiger partial charge in [0, 0.05) is 0 Å². The molecule has 1 heterocycles. The van der Waals surface area contributed by atoms with Gasteiger partial charge in [0.1, 0.15) is 0 Å². The molecule has 2 unspecified atom stereocenters. The Balaban J connectivity index is 2.17. The van der Waals surface area contributed by atoms with Crippen molar-refractivity contribution < 1.29 is 19.4 Å². The molecule has 48 valence electrons. The molecule has 1 saturated heterocycles. The summed E-state index contributed by atoms with van der Waals surface area (Å²) in [5.74, 6) is -1.18. The van der Waals surface area contributed by atoms with Crippen LogP contribution in [0.15, 0.2) is 0 Å². The smallest absolute Gasteiger partial charge is 0.247 e. The van der Waals surface area contributed by atoms with Crippen LogP contribution in [0.4, 0.5) is 0 Å². The van der Waals surface area contributed by atoms with Crippen molar-refractivity contribution in [1.29, 1.82) is 0 Å². The highest BCUT2D eigenvalue weighted by Gasteiger charge is 2.55. The molecule has 0 bridgehead atoms. The van der Waals surface area contributed by atoms with E-state index in [9.17, 15) is 9.59 Å². The number of carbonyl (C=O) groups excluding carboxylic acids is 2. The van der Waals surface area contributed by atoms with Crippen molar-refractivity contribution in [1.82, 2.24) is 0 Å². The van der Waals surface area contributed by atoms with Crippen molar-refractivity contribution in [2.45, 2.75) is 6.42 Å². The van der Waals surface area contributed by atoms with Gasteiger partial charge in [-0.3, -0.25) is 0 Å². The van der Waals surface area contributed by atoms with E-state index in [1.54, 1.807) is 0 Å². The minimum Gasteiger partial charge on any atom is -0.247 e. The van der Waals surface area contributed by atoms with Gasteiger partial charge in [0.25, 0.3) is 0 Å². The molecule has 2 fully saturated rings. The van der Waals surface area contributed by atoms with E-state index in [0.717, 1.165) is 0 Å². The third kappa shape index (κ3) is 0.526. The van der Waals surface area contributed by atoms with E-state index in [4.69, 9.17) is 0 Å². The van der Waals surface area contributed by atoms with E-state index >= 15 is 0 Å². The summed E-state index contributed by atoms with van der Waals surface area (Å²) < 4.78 is 0. The zero-order valence-corrected chi connectivity index (χ0v) is 4.49. The predicted octanol–water partition coefficient (Wildman–Crippen LogP) is -0.362. The van der Waals surface area contributed by atoms with Crippen LogP contribution in [-0.2, 0) is 19.4 Å². The summed E-state index contributed by atoms with van der Waals surface area (Å²) in [5, 5.41) is 0. The zero-order valence-electron chi connectivity index (χ0n) is 4.49. The molecule has 0 aromatic heterocycles. The van der Waals surface area contributed by atoms with E-state index < -0.39 is 11.9 Å². The van der Waals surface area contributed by atoms with Crippen LogP contribution in [0, 0.1) is 11.8 Å². The fourth-order valence-electron chi connectivity index (χ4n) is 0.922. The predicted molar refractivity (Wildman–Crippen MR) is 23.8 cm³/mol. The standard InChI is InChI=1S/C5H4O4/c6-4-2-1-3(2)5(7)9-8-4/h2-3H,1H2. The maximum atomic E-state index is 10.5. The summed E-state index contributed by atoms with van der Waals surface area (Å²) in [5.41, 5.74) is 0. The number of rotatable bonds is 0. The molecule has 0 aromatic carbocycles. The normalized spacial score (nSPS) is 38.7. The second-order valence-electron chi connectivity index (χ2n) is 2.25. The first-order valence-electron chi connectivity index (χ1n) is 2.71. The fraction of sp³-hybridized carbons (Fsp3) is 0.600. The van der Waals surface area contributed by atoms with Crippen LogP contribution < -0.4 is 0 Å². The van der Waals surface area contributed by atoms with E-state index in [1.165, 1.54) is 0 Å². The lowest BCUT2D eigenvalue weighted by molar-refractivity contribution is -0.268. The van der Waals surface area contributed by atoms with Gasteiger partial charge < -0.3 is 0 Å². The summed E-state index contributed by atoms with van der Waals surface area (Å²) in [4.78, 5) is 29.1. The average Bonchev–Trinajstić information content (AvgIpc) is 2.57. The van der Waals surface area contributed by atoms with Crippen LogP contribution in [0.1, 0.15) is 6.42 Å². The lowest BCUT2D eigenvalue weighted by Gasteiger charge is -2.05. The molecule has 1 aliphatic carbocycles. The third-order valence-corrected chi connectivity index (χ3v) is 1.60. The molecule has 4 heteroatoms. The molecule has 2 atom stereocenters. The van der Waals surface area contributed by atoms with Crippen molar-refractivity contribution in [3.8, 4) is 0 Å². The first kappa shape index (κ1) is 4.78. The van der Waals surface area contributed by atoms with E-state index in [2.05, 4.69) is 9.78 Å². The van der Waals surface area contributed by atoms with Gasteiger partial charge >= 0.3 is 11.9 Å². The van der Waals surface area contributed by atoms with E-state index in [0.29, 0.717) is 6.42 Å². The second kappa shape index (κ2) is 1.26. The molecule has 0 amide bonds. The van der Waals surface area contributed by atoms with Gasteiger partial charge in [-0.25, -0.2) is 19.4 Å². The molecule has 1 aliphatic heterocycles. The summed E-state index contributed by atoms with van der Waals surface area (Å²) in [6.45, 7) is 0. The Morgan fingerprint density at radius 3 is 2.00 bits per heavy atom. The molecule has 1 saturated carbocycles. The zero-order chi connectivity index (χ0) is 6.43. The molecule has 0 N–H and O–H groups in total. The van der Waals surface area contributed by atoms with Gasteiger partial charge in [-0.2, -0.15) is 0 Å². The van der Waals surface area contributed by atoms with Crippen LogP contribution in [0.5, 0.6) is 0 Å². The first-order valence-corrected chi connectivity index (χ1v) is 2.71. The molecule has 2 aliphatic rings. The Morgan fingerprint density at radius 2 is 1.56 bits per heavy atom. The number of fused-ring (bicyclic) bond motifs is 1. The number of hydrogen-bond donors (Lipinski definition) is 0. The van der Waals surface area contributed by atoms with Crippen molar-refractivity contribution in [2.75, 3.05) is 0 Å². The summed E-state index contributed by atoms with van der Waals surface area (Å²) in [7, 11) is 0. The summed E-state index contributed by atoms with van der Waals surface area (Å²) in [6, 6.07) is 0. The molecule has 2 rings (SSSR count). The Hall–Kier alpha value is -1.06. The lowest BCUT2D eigenvalue weighted by Crippen LogP contribution is -2.21. The maximum Gasteiger partial charge on any atom is 0.359 e. The fourth-order valence-corrected chi connectivity index (χ4v) is 0.922. The molecule has 9 heavy (non-hydrogen) atoms. The second-order valence-corrected chi connectivity index (χ2v) is 2.25. The molecular formula is C5H4O4. The SMILES string of the molecule is O=C1OOC(=O)C2CC12. The Labute approximate surface area is 50.7 Å². The van der Waals surface area contributed by atoms with Crippen LogP contribution >= 0.6 is 0 Å². The largest absolute Gasteiger partial charge is 0.359 e. The summed E-state index contributed by atoms with van der Waals surface area (Å²) in [6.07, 6.45) is 0.609. The molecular weight excluding hydrogens is 124 g/mol. The van der Waals surface area contributed by atoms with E-state index in [-0.39, 0.29) is 11.8 Å². The van der Waals surface area contributed by atoms with Gasteiger partial charge in [-0.05, 0) is 6.42 Å². The third-order valence-electron chi connectivity index (χ3n) is 1.60. The van der Waals surface area contributed by atoms with Gasteiger partial charge in [0.05, 0.1) is 11.8 Å². The highest BCUT2D eigenvalue weighted by Crippen LogP contribution is 2.43. The molecule has 0 aromatic rings. The van der Waals surface area contributed by atoms with Gasteiger partial charge in [-0.1, -0.05) is 0 Å². The van der Waals surface area contributed by atoms with Crippen molar-refractivity contribution >= 4 is 11.9 Å². The highest BCUT2D eigenvalue weighted by atomic mass is 17.2. The van der Waals surface area contributed by atoms with Crippen molar-refractivity contribution in [3.63, 3.8) is 0 Å². The van der Waals surface area contributed by atoms with Crippen molar-refractivity contribution in [3.05, 3.63) is 0 Å². The first-order chi connectivity index (χ1) is 4.29. The average molecular weight is 128 g/mol. The maximum absolute atomic E-state index is 10.5. The lowest BCUT2D eigenvalue weighted by atomic mass is 10.3. The van der Waals surface area contributed by atoms with Crippen LogP contribution in [0.2, 0.25) is 0 Å². The Morgan fingerprint density at radius 1 is 1.11 bits per heavy atom. The Kier molecular flexibility index (Phi) is 0.670. The Bertz CT molecular complexity index is 165. The highest BCUT2D eigenvalue weighted by molar-refractivity contribution is 5.89. The van der Waals surface area contributed by atoms with Crippen LogP contribution in [0.3, 0.4) is 0 Å². The molecule has 0 radical (unpaired) electrons. The van der Waals surface area contributed by atoms with Gasteiger partial charge in [0.15, 0.2) is 0 Å². The minimum atomic E-state index is -0.403. The number of hydrogen-bond acceptors (Lipinski definition) is 4. The summed E-state index contributed by atoms with van der Waals surface area (Å²) >= 11 is 0. The van der Waals surface area contributed by atoms with Crippen LogP contribution in [-0.4, -0.2) is 11.9 Å². The number of carbonyl (C=O) groups is 2. The monoisotopic (exact) mass is 128 g/mol.